The molecule has 1 aliphatic rings. The maximum atomic E-state index is 9.54. The minimum Gasteiger partial charge on any atom is -0.486 e. The Morgan fingerprint density at radius 1 is 1.43 bits per heavy atom. The molecule has 4 heteroatoms. The van der Waals surface area contributed by atoms with Gasteiger partial charge < -0.3 is 9.84 Å². The van der Waals surface area contributed by atoms with Gasteiger partial charge in [-0.1, -0.05) is 11.6 Å². The van der Waals surface area contributed by atoms with Gasteiger partial charge >= 0.3 is 0 Å². The van der Waals surface area contributed by atoms with Gasteiger partial charge in [0.1, 0.15) is 11.9 Å². The van der Waals surface area contributed by atoms with Crippen molar-refractivity contribution in [1.29, 1.82) is 0 Å². The van der Waals surface area contributed by atoms with Crippen molar-refractivity contribution in [3.05, 3.63) is 23.5 Å². The van der Waals surface area contributed by atoms with Gasteiger partial charge in [-0.25, -0.2) is 0 Å². The average Bonchev–Trinajstić information content (AvgIpc) is 2.52. The van der Waals surface area contributed by atoms with Crippen LogP contribution in [0, 0.1) is 0 Å². The molecule has 14 heavy (non-hydrogen) atoms. The Bertz CT molecular complexity index is 319. The number of rotatable bonds is 2. The largest absolute Gasteiger partial charge is 0.486 e. The van der Waals surface area contributed by atoms with Crippen LogP contribution in [-0.2, 0) is 0 Å². The second-order valence-corrected chi connectivity index (χ2v) is 3.93. The summed E-state index contributed by atoms with van der Waals surface area (Å²) in [6.07, 6.45) is 5.44. The maximum absolute atomic E-state index is 9.54. The van der Waals surface area contributed by atoms with Gasteiger partial charge in [0.25, 0.3) is 0 Å². The Labute approximate surface area is 87.7 Å². The minimum atomic E-state index is -0.353. The third kappa shape index (κ3) is 2.16. The molecule has 0 aliphatic heterocycles. The van der Waals surface area contributed by atoms with E-state index >= 15 is 0 Å². The van der Waals surface area contributed by atoms with Crippen molar-refractivity contribution in [2.45, 2.75) is 31.5 Å². The van der Waals surface area contributed by atoms with Gasteiger partial charge in [0.15, 0.2) is 0 Å². The van der Waals surface area contributed by atoms with Crippen LogP contribution in [-0.4, -0.2) is 22.3 Å². The van der Waals surface area contributed by atoms with Crippen molar-refractivity contribution in [2.24, 2.45) is 0 Å². The van der Waals surface area contributed by atoms with Gasteiger partial charge in [0.2, 0.25) is 0 Å². The van der Waals surface area contributed by atoms with E-state index in [9.17, 15) is 5.11 Å². The van der Waals surface area contributed by atoms with Crippen LogP contribution in [0.4, 0.5) is 0 Å². The normalized spacial score (nSPS) is 26.4. The van der Waals surface area contributed by atoms with E-state index in [2.05, 4.69) is 4.98 Å². The molecule has 1 aromatic heterocycles. The number of aromatic nitrogens is 1. The average molecular weight is 214 g/mol. The number of hydrogen-bond acceptors (Lipinski definition) is 3. The molecule has 3 nitrogen and oxygen atoms in total. The highest BCUT2D eigenvalue weighted by atomic mass is 35.5. The molecule has 76 valence electrons. The molecular formula is C10H12ClNO2. The molecule has 0 radical (unpaired) electrons. The van der Waals surface area contributed by atoms with E-state index in [0.717, 1.165) is 19.3 Å². The molecule has 2 rings (SSSR count). The second-order valence-electron chi connectivity index (χ2n) is 3.49. The molecule has 2 unspecified atom stereocenters. The number of halogens is 1. The van der Waals surface area contributed by atoms with Crippen LogP contribution in [0.2, 0.25) is 5.02 Å². The topological polar surface area (TPSA) is 42.4 Å². The van der Waals surface area contributed by atoms with E-state index in [1.807, 2.05) is 0 Å². The molecule has 0 bridgehead atoms. The molecule has 1 heterocycles. The van der Waals surface area contributed by atoms with Gasteiger partial charge in [-0.2, -0.15) is 0 Å². The number of ether oxygens (including phenoxy) is 1. The molecule has 1 aromatic rings. The van der Waals surface area contributed by atoms with Gasteiger partial charge in [0, 0.05) is 12.3 Å². The third-order valence-electron chi connectivity index (χ3n) is 2.38. The summed E-state index contributed by atoms with van der Waals surface area (Å²) in [6.45, 7) is 0. The number of hydrogen-bond donors (Lipinski definition) is 1. The molecule has 1 fully saturated rings. The fraction of sp³-hybridized carbons (Fsp3) is 0.500. The molecule has 1 saturated carbocycles. The molecule has 2 atom stereocenters. The Morgan fingerprint density at radius 3 is 2.93 bits per heavy atom. The van der Waals surface area contributed by atoms with Crippen molar-refractivity contribution in [3.63, 3.8) is 0 Å². The molecule has 0 saturated heterocycles. The summed E-state index contributed by atoms with van der Waals surface area (Å²) >= 11 is 5.76. The lowest BCUT2D eigenvalue weighted by Gasteiger charge is -2.16. The molecule has 0 aromatic carbocycles. The van der Waals surface area contributed by atoms with E-state index in [-0.39, 0.29) is 12.2 Å². The lowest BCUT2D eigenvalue weighted by atomic mass is 10.2. The summed E-state index contributed by atoms with van der Waals surface area (Å²) in [5.74, 6) is 0.628. The number of aliphatic hydroxyl groups is 1. The summed E-state index contributed by atoms with van der Waals surface area (Å²) in [4.78, 5) is 3.91. The summed E-state index contributed by atoms with van der Waals surface area (Å²) in [6, 6.07) is 1.71. The Morgan fingerprint density at radius 2 is 2.29 bits per heavy atom. The van der Waals surface area contributed by atoms with E-state index < -0.39 is 0 Å². The van der Waals surface area contributed by atoms with Gasteiger partial charge in [0.05, 0.1) is 17.3 Å². The first kappa shape index (κ1) is 9.74. The summed E-state index contributed by atoms with van der Waals surface area (Å²) in [5.41, 5.74) is 0. The van der Waals surface area contributed by atoms with Crippen LogP contribution in [0.15, 0.2) is 18.5 Å². The SMILES string of the molecule is OC1CCCC1Oc1cncc(Cl)c1. The monoisotopic (exact) mass is 213 g/mol. The van der Waals surface area contributed by atoms with Crippen LogP contribution in [0.5, 0.6) is 5.75 Å². The Balaban J connectivity index is 2.03. The zero-order valence-electron chi connectivity index (χ0n) is 7.69. The smallest absolute Gasteiger partial charge is 0.139 e. The lowest BCUT2D eigenvalue weighted by Crippen LogP contribution is -2.25. The quantitative estimate of drug-likeness (QED) is 0.818. The van der Waals surface area contributed by atoms with Crippen LogP contribution in [0.3, 0.4) is 0 Å². The van der Waals surface area contributed by atoms with Crippen molar-refractivity contribution in [2.75, 3.05) is 0 Å². The number of pyridine rings is 1. The van der Waals surface area contributed by atoms with Gasteiger partial charge in [-0.15, -0.1) is 0 Å². The second kappa shape index (κ2) is 4.15. The number of aliphatic hydroxyl groups excluding tert-OH is 1. The van der Waals surface area contributed by atoms with Crippen molar-refractivity contribution < 1.29 is 9.84 Å². The van der Waals surface area contributed by atoms with E-state index in [1.54, 1.807) is 18.5 Å². The standard InChI is InChI=1S/C10H12ClNO2/c11-7-4-8(6-12-5-7)14-10-3-1-2-9(10)13/h4-6,9-10,13H,1-3H2. The lowest BCUT2D eigenvalue weighted by molar-refractivity contribution is 0.0602. The van der Waals surface area contributed by atoms with Crippen LogP contribution < -0.4 is 4.74 Å². The maximum Gasteiger partial charge on any atom is 0.139 e. The van der Waals surface area contributed by atoms with Crippen LogP contribution in [0.25, 0.3) is 0 Å². The van der Waals surface area contributed by atoms with E-state index in [4.69, 9.17) is 16.3 Å². The fourth-order valence-corrected chi connectivity index (χ4v) is 1.84. The Kier molecular flexibility index (Phi) is 2.89. The third-order valence-corrected chi connectivity index (χ3v) is 2.59. The summed E-state index contributed by atoms with van der Waals surface area (Å²) in [5, 5.41) is 10.1. The Hall–Kier alpha value is -0.800. The zero-order chi connectivity index (χ0) is 9.97. The summed E-state index contributed by atoms with van der Waals surface area (Å²) < 4.78 is 5.57. The van der Waals surface area contributed by atoms with Crippen molar-refractivity contribution >= 4 is 11.6 Å². The first-order valence-corrected chi connectivity index (χ1v) is 5.09. The molecular weight excluding hydrogens is 202 g/mol. The predicted octanol–water partition coefficient (Wildman–Crippen LogP) is 2.03. The van der Waals surface area contributed by atoms with Crippen molar-refractivity contribution in [3.8, 4) is 5.75 Å². The molecule has 0 spiro atoms. The van der Waals surface area contributed by atoms with Crippen LogP contribution in [0.1, 0.15) is 19.3 Å². The zero-order valence-corrected chi connectivity index (χ0v) is 8.44. The van der Waals surface area contributed by atoms with Crippen molar-refractivity contribution in [1.82, 2.24) is 4.98 Å². The summed E-state index contributed by atoms with van der Waals surface area (Å²) in [7, 11) is 0. The molecule has 1 aliphatic carbocycles. The first-order valence-electron chi connectivity index (χ1n) is 4.71. The highest BCUT2D eigenvalue weighted by Gasteiger charge is 2.26. The molecule has 1 N–H and O–H groups in total. The number of nitrogens with zero attached hydrogens (tertiary/aromatic N) is 1. The predicted molar refractivity (Wildman–Crippen MR) is 53.5 cm³/mol. The molecule has 0 amide bonds. The van der Waals surface area contributed by atoms with Gasteiger partial charge in [-0.3, -0.25) is 4.98 Å². The highest BCUT2D eigenvalue weighted by Crippen LogP contribution is 2.25. The van der Waals surface area contributed by atoms with Crippen LogP contribution >= 0.6 is 11.6 Å². The fourth-order valence-electron chi connectivity index (χ4n) is 1.68. The highest BCUT2D eigenvalue weighted by molar-refractivity contribution is 6.30. The van der Waals surface area contributed by atoms with Gasteiger partial charge in [-0.05, 0) is 19.3 Å². The minimum absolute atomic E-state index is 0.102. The van der Waals surface area contributed by atoms with E-state index in [0.29, 0.717) is 10.8 Å². The first-order chi connectivity index (χ1) is 6.75. The van der Waals surface area contributed by atoms with E-state index in [1.165, 1.54) is 0 Å².